The summed E-state index contributed by atoms with van der Waals surface area (Å²) in [6.07, 6.45) is 0.133. The number of nitrogens with one attached hydrogen (secondary N) is 2. The third-order valence-electron chi connectivity index (χ3n) is 2.03. The van der Waals surface area contributed by atoms with E-state index in [0.717, 1.165) is 10.2 Å². The molecular formula is C11H12BrN3O. The summed E-state index contributed by atoms with van der Waals surface area (Å²) in [7, 11) is 1.55. The molecule has 0 saturated carbocycles. The fourth-order valence-electron chi connectivity index (χ4n) is 1.18. The van der Waals surface area contributed by atoms with E-state index in [2.05, 4.69) is 32.6 Å². The van der Waals surface area contributed by atoms with Crippen molar-refractivity contribution in [3.05, 3.63) is 28.7 Å². The van der Waals surface area contributed by atoms with Gasteiger partial charge < -0.3 is 10.6 Å². The lowest BCUT2D eigenvalue weighted by atomic mass is 10.2. The van der Waals surface area contributed by atoms with Gasteiger partial charge in [-0.1, -0.05) is 12.1 Å². The summed E-state index contributed by atoms with van der Waals surface area (Å²) in [4.78, 5) is 11.1. The fraction of sp³-hybridized carbons (Fsp3) is 0.273. The Morgan fingerprint density at radius 1 is 1.56 bits per heavy atom. The zero-order chi connectivity index (χ0) is 12.0. The van der Waals surface area contributed by atoms with Crippen molar-refractivity contribution in [3.63, 3.8) is 0 Å². The molecule has 1 aromatic rings. The van der Waals surface area contributed by atoms with Crippen molar-refractivity contribution < 1.29 is 4.79 Å². The van der Waals surface area contributed by atoms with Gasteiger partial charge in [0, 0.05) is 17.2 Å². The van der Waals surface area contributed by atoms with Crippen LogP contribution in [0.25, 0.3) is 0 Å². The molecule has 0 aliphatic heterocycles. The van der Waals surface area contributed by atoms with Crippen molar-refractivity contribution in [1.82, 2.24) is 5.32 Å². The van der Waals surface area contributed by atoms with Crippen LogP contribution in [0.3, 0.4) is 0 Å². The summed E-state index contributed by atoms with van der Waals surface area (Å²) >= 11 is 3.36. The average molecular weight is 282 g/mol. The number of anilines is 1. The number of nitrogens with zero attached hydrogens (tertiary/aromatic N) is 1. The van der Waals surface area contributed by atoms with Gasteiger partial charge in [-0.25, -0.2) is 0 Å². The van der Waals surface area contributed by atoms with Gasteiger partial charge in [-0.05, 0) is 28.1 Å². The highest BCUT2D eigenvalue weighted by Gasteiger charge is 2.12. The van der Waals surface area contributed by atoms with Gasteiger partial charge in [-0.15, -0.1) is 0 Å². The quantitative estimate of drug-likeness (QED) is 0.886. The van der Waals surface area contributed by atoms with Crippen LogP contribution in [0.4, 0.5) is 5.69 Å². The molecule has 0 saturated heterocycles. The molecule has 0 aromatic heterocycles. The molecule has 0 fully saturated rings. The summed E-state index contributed by atoms with van der Waals surface area (Å²) in [6, 6.07) is 8.99. The van der Waals surface area contributed by atoms with E-state index in [-0.39, 0.29) is 12.3 Å². The van der Waals surface area contributed by atoms with Crippen LogP contribution in [0.1, 0.15) is 6.42 Å². The first kappa shape index (κ1) is 12.5. The monoisotopic (exact) mass is 281 g/mol. The smallest absolute Gasteiger partial charge is 0.222 e. The maximum Gasteiger partial charge on any atom is 0.222 e. The minimum absolute atomic E-state index is 0.133. The maximum atomic E-state index is 11.1. The van der Waals surface area contributed by atoms with E-state index in [1.165, 1.54) is 0 Å². The van der Waals surface area contributed by atoms with Gasteiger partial charge in [-0.3, -0.25) is 4.79 Å². The highest BCUT2D eigenvalue weighted by atomic mass is 79.9. The second kappa shape index (κ2) is 6.13. The van der Waals surface area contributed by atoms with Gasteiger partial charge >= 0.3 is 0 Å². The van der Waals surface area contributed by atoms with E-state index in [1.807, 2.05) is 24.3 Å². The SMILES string of the molecule is CNC(=O)CC(C#N)Nc1ccccc1Br. The van der Waals surface area contributed by atoms with Crippen LogP contribution in [0.2, 0.25) is 0 Å². The molecule has 0 spiro atoms. The van der Waals surface area contributed by atoms with Gasteiger partial charge in [0.05, 0.1) is 12.5 Å². The second-order valence-corrected chi connectivity index (χ2v) is 4.04. The van der Waals surface area contributed by atoms with Gasteiger partial charge in [0.25, 0.3) is 0 Å². The molecule has 1 aromatic carbocycles. The van der Waals surface area contributed by atoms with Crippen LogP contribution < -0.4 is 10.6 Å². The normalized spacial score (nSPS) is 11.3. The number of carbonyl (C=O) groups is 1. The second-order valence-electron chi connectivity index (χ2n) is 3.18. The Morgan fingerprint density at radius 2 is 2.25 bits per heavy atom. The minimum Gasteiger partial charge on any atom is -0.368 e. The lowest BCUT2D eigenvalue weighted by Crippen LogP contribution is -2.27. The number of benzene rings is 1. The molecule has 2 N–H and O–H groups in total. The van der Waals surface area contributed by atoms with Gasteiger partial charge in [-0.2, -0.15) is 5.26 Å². The third-order valence-corrected chi connectivity index (χ3v) is 2.72. The number of halogens is 1. The zero-order valence-electron chi connectivity index (χ0n) is 8.83. The minimum atomic E-state index is -0.529. The first-order valence-corrected chi connectivity index (χ1v) is 5.58. The maximum absolute atomic E-state index is 11.1. The van der Waals surface area contributed by atoms with Gasteiger partial charge in [0.15, 0.2) is 0 Å². The Balaban J connectivity index is 2.68. The van der Waals surface area contributed by atoms with Crippen LogP contribution in [0.15, 0.2) is 28.7 Å². The Bertz CT molecular complexity index is 414. The van der Waals surface area contributed by atoms with E-state index in [9.17, 15) is 4.79 Å². The number of nitriles is 1. The van der Waals surface area contributed by atoms with Crippen molar-refractivity contribution in [2.45, 2.75) is 12.5 Å². The van der Waals surface area contributed by atoms with Gasteiger partial charge in [0.2, 0.25) is 5.91 Å². The van der Waals surface area contributed by atoms with Crippen LogP contribution in [0.5, 0.6) is 0 Å². The van der Waals surface area contributed by atoms with Crippen molar-refractivity contribution in [1.29, 1.82) is 5.26 Å². The summed E-state index contributed by atoms with van der Waals surface area (Å²) < 4.78 is 0.868. The Morgan fingerprint density at radius 3 is 2.81 bits per heavy atom. The Hall–Kier alpha value is -1.54. The molecule has 5 heteroatoms. The van der Waals surface area contributed by atoms with Crippen molar-refractivity contribution in [2.75, 3.05) is 12.4 Å². The molecule has 0 heterocycles. The largest absolute Gasteiger partial charge is 0.368 e. The molecule has 0 bridgehead atoms. The molecule has 16 heavy (non-hydrogen) atoms. The molecule has 0 aliphatic carbocycles. The number of amides is 1. The highest BCUT2D eigenvalue weighted by molar-refractivity contribution is 9.10. The lowest BCUT2D eigenvalue weighted by Gasteiger charge is -2.13. The fourth-order valence-corrected chi connectivity index (χ4v) is 1.58. The molecule has 4 nitrogen and oxygen atoms in total. The van der Waals surface area contributed by atoms with E-state index in [0.29, 0.717) is 0 Å². The van der Waals surface area contributed by atoms with E-state index >= 15 is 0 Å². The summed E-state index contributed by atoms with van der Waals surface area (Å²) in [5, 5.41) is 14.4. The van der Waals surface area contributed by atoms with Crippen molar-refractivity contribution in [3.8, 4) is 6.07 Å². The predicted molar refractivity (Wildman–Crippen MR) is 65.8 cm³/mol. The van der Waals surface area contributed by atoms with E-state index in [1.54, 1.807) is 7.05 Å². The third kappa shape index (κ3) is 3.55. The first-order valence-electron chi connectivity index (χ1n) is 4.78. The molecule has 1 unspecified atom stereocenters. The van der Waals surface area contributed by atoms with Crippen molar-refractivity contribution in [2.24, 2.45) is 0 Å². The topological polar surface area (TPSA) is 64.9 Å². The lowest BCUT2D eigenvalue weighted by molar-refractivity contribution is -0.120. The number of rotatable bonds is 4. The zero-order valence-corrected chi connectivity index (χ0v) is 10.4. The number of carbonyl (C=O) groups excluding carboxylic acids is 1. The van der Waals surface area contributed by atoms with Crippen LogP contribution >= 0.6 is 15.9 Å². The van der Waals surface area contributed by atoms with E-state index < -0.39 is 6.04 Å². The first-order chi connectivity index (χ1) is 7.67. The highest BCUT2D eigenvalue weighted by Crippen LogP contribution is 2.22. The molecular weight excluding hydrogens is 270 g/mol. The predicted octanol–water partition coefficient (Wildman–Crippen LogP) is 1.89. The molecule has 1 atom stereocenters. The van der Waals surface area contributed by atoms with Gasteiger partial charge in [0.1, 0.15) is 6.04 Å². The van der Waals surface area contributed by atoms with Crippen LogP contribution in [0, 0.1) is 11.3 Å². The summed E-state index contributed by atoms with van der Waals surface area (Å²) in [5.74, 6) is -0.161. The molecule has 0 radical (unpaired) electrons. The molecule has 84 valence electrons. The number of hydrogen-bond acceptors (Lipinski definition) is 3. The van der Waals surface area contributed by atoms with E-state index in [4.69, 9.17) is 5.26 Å². The summed E-state index contributed by atoms with van der Waals surface area (Å²) in [6.45, 7) is 0. The van der Waals surface area contributed by atoms with Crippen LogP contribution in [-0.2, 0) is 4.79 Å². The molecule has 1 rings (SSSR count). The molecule has 0 aliphatic rings. The average Bonchev–Trinajstić information content (AvgIpc) is 2.30. The Kier molecular flexibility index (Phi) is 4.80. The standard InChI is InChI=1S/C11H12BrN3O/c1-14-11(16)6-8(7-13)15-10-5-3-2-4-9(10)12/h2-5,8,15H,6H2,1H3,(H,14,16). The molecule has 1 amide bonds. The Labute approximate surface area is 103 Å². The number of para-hydroxylation sites is 1. The number of hydrogen-bond donors (Lipinski definition) is 2. The van der Waals surface area contributed by atoms with Crippen LogP contribution in [-0.4, -0.2) is 19.0 Å². The summed E-state index contributed by atoms with van der Waals surface area (Å²) in [5.41, 5.74) is 0.804. The van der Waals surface area contributed by atoms with Crippen molar-refractivity contribution >= 4 is 27.5 Å².